The smallest absolute Gasteiger partial charge is 0.351 e. The molecule has 0 aliphatic carbocycles. The van der Waals surface area contributed by atoms with Gasteiger partial charge in [0.05, 0.1) is 0 Å². The number of aromatic nitrogens is 4. The summed E-state index contributed by atoms with van der Waals surface area (Å²) in [5.74, 6) is 1.19. The Balaban J connectivity index is 0.00000128. The van der Waals surface area contributed by atoms with Crippen LogP contribution in [0.5, 0.6) is 0 Å². The first kappa shape index (κ1) is 15.7. The van der Waals surface area contributed by atoms with Crippen LogP contribution in [0, 0.1) is 0 Å². The Labute approximate surface area is 110 Å². The van der Waals surface area contributed by atoms with Crippen molar-refractivity contribution in [3.63, 3.8) is 0 Å². The molecule has 96 valence electrons. The molecule has 0 aromatic carbocycles. The van der Waals surface area contributed by atoms with Gasteiger partial charge in [-0.05, 0) is 6.92 Å². The number of H-pyrrole nitrogens is 1. The van der Waals surface area contributed by atoms with Gasteiger partial charge >= 0.3 is 5.69 Å². The summed E-state index contributed by atoms with van der Waals surface area (Å²) in [7, 11) is 0. The van der Waals surface area contributed by atoms with Crippen molar-refractivity contribution in [2.24, 2.45) is 0 Å². The van der Waals surface area contributed by atoms with E-state index in [-0.39, 0.29) is 30.5 Å². The average molecular weight is 280 g/mol. The first-order chi connectivity index (χ1) is 7.17. The van der Waals surface area contributed by atoms with Crippen molar-refractivity contribution in [3.8, 4) is 0 Å². The van der Waals surface area contributed by atoms with Crippen molar-refractivity contribution < 1.29 is 0 Å². The number of rotatable bonds is 2. The summed E-state index contributed by atoms with van der Waals surface area (Å²) in [6, 6.07) is 0. The number of hydrogen-bond donors (Lipinski definition) is 2. The zero-order chi connectivity index (χ0) is 11.0. The van der Waals surface area contributed by atoms with E-state index in [1.165, 1.54) is 4.57 Å². The molecule has 17 heavy (non-hydrogen) atoms. The van der Waals surface area contributed by atoms with E-state index in [9.17, 15) is 4.79 Å². The molecule has 3 N–H and O–H groups in total. The molecule has 0 amide bonds. The molecular weight excluding hydrogens is 265 g/mol. The number of nitrogens with one attached hydrogen (secondary N) is 1. The van der Waals surface area contributed by atoms with Crippen LogP contribution in [0.25, 0.3) is 11.2 Å². The zero-order valence-electron chi connectivity index (χ0n) is 9.56. The van der Waals surface area contributed by atoms with Gasteiger partial charge < -0.3 is 10.7 Å². The van der Waals surface area contributed by atoms with Crippen LogP contribution in [0.15, 0.2) is 4.79 Å². The Hall–Kier alpha value is -1.27. The number of halogens is 2. The quantitative estimate of drug-likeness (QED) is 0.862. The number of aromatic amines is 1. The number of hydrogen-bond acceptors (Lipinski definition) is 4. The molecule has 0 aliphatic rings. The summed E-state index contributed by atoms with van der Waals surface area (Å²) in [5.41, 5.74) is 6.55. The Morgan fingerprint density at radius 3 is 2.47 bits per heavy atom. The Morgan fingerprint density at radius 1 is 1.29 bits per heavy atom. The molecule has 6 nitrogen and oxygen atoms in total. The number of nitrogens with two attached hydrogens (primary N) is 1. The van der Waals surface area contributed by atoms with E-state index in [0.29, 0.717) is 23.5 Å². The van der Waals surface area contributed by atoms with E-state index < -0.39 is 0 Å². The second kappa shape index (κ2) is 5.88. The largest absolute Gasteiger partial charge is 0.383 e. The van der Waals surface area contributed by atoms with Crippen molar-refractivity contribution in [2.75, 3.05) is 5.73 Å². The first-order valence-corrected chi connectivity index (χ1v) is 4.92. The van der Waals surface area contributed by atoms with Crippen LogP contribution >= 0.6 is 24.8 Å². The highest BCUT2D eigenvalue weighted by molar-refractivity contribution is 5.85. The van der Waals surface area contributed by atoms with Gasteiger partial charge in [-0.3, -0.25) is 4.57 Å². The number of nitrogen functional groups attached to an aromatic ring is 1. The van der Waals surface area contributed by atoms with Crippen molar-refractivity contribution in [1.29, 1.82) is 0 Å². The molecule has 0 saturated carbocycles. The summed E-state index contributed by atoms with van der Waals surface area (Å²) in [6.07, 6.45) is 0.760. The molecule has 8 heteroatoms. The maximum absolute atomic E-state index is 11.5. The van der Waals surface area contributed by atoms with Gasteiger partial charge in [0.2, 0.25) is 0 Å². The third-order valence-corrected chi connectivity index (χ3v) is 2.36. The van der Waals surface area contributed by atoms with Gasteiger partial charge in [-0.15, -0.1) is 24.8 Å². The fraction of sp³-hybridized carbons (Fsp3) is 0.444. The highest BCUT2D eigenvalue weighted by Crippen LogP contribution is 2.14. The summed E-state index contributed by atoms with van der Waals surface area (Å²) >= 11 is 0. The number of nitrogens with zero attached hydrogens (tertiary/aromatic N) is 3. The Kier molecular flexibility index (Phi) is 5.44. The minimum absolute atomic E-state index is 0. The molecule has 2 aromatic rings. The molecule has 0 bridgehead atoms. The van der Waals surface area contributed by atoms with Gasteiger partial charge in [0.25, 0.3) is 0 Å². The topological polar surface area (TPSA) is 89.6 Å². The molecule has 0 spiro atoms. The SMILES string of the molecule is CCc1nc2nc(=O)n(CC)c(N)c2[nH]1.Cl.Cl. The molecule has 0 atom stereocenters. The molecule has 0 aliphatic heterocycles. The van der Waals surface area contributed by atoms with Crippen LogP contribution in [-0.2, 0) is 13.0 Å². The number of fused-ring (bicyclic) bond motifs is 1. The summed E-state index contributed by atoms with van der Waals surface area (Å²) in [5, 5.41) is 0. The van der Waals surface area contributed by atoms with Gasteiger partial charge in [-0.2, -0.15) is 4.98 Å². The summed E-state index contributed by atoms with van der Waals surface area (Å²) in [4.78, 5) is 22.6. The standard InChI is InChI=1S/C9H13N5O.2ClH/c1-3-5-11-6-7(10)14(4-2)9(15)13-8(6)12-5;;/h3-4,10H2,1-2H3,(H,11,12,13,15);2*1H. The van der Waals surface area contributed by atoms with E-state index in [0.717, 1.165) is 12.2 Å². The number of aryl methyl sites for hydroxylation is 1. The third-order valence-electron chi connectivity index (χ3n) is 2.36. The van der Waals surface area contributed by atoms with Gasteiger partial charge in [0.1, 0.15) is 17.2 Å². The van der Waals surface area contributed by atoms with Crippen LogP contribution in [0.4, 0.5) is 5.82 Å². The number of anilines is 1. The predicted octanol–water partition coefficient (Wildman–Crippen LogP) is 1.13. The normalized spacial score (nSPS) is 9.76. The van der Waals surface area contributed by atoms with Crippen molar-refractivity contribution >= 4 is 41.8 Å². The van der Waals surface area contributed by atoms with Gasteiger partial charge in [0, 0.05) is 13.0 Å². The minimum Gasteiger partial charge on any atom is -0.383 e. The lowest BCUT2D eigenvalue weighted by atomic mass is 10.4. The van der Waals surface area contributed by atoms with Crippen LogP contribution in [-0.4, -0.2) is 19.5 Å². The van der Waals surface area contributed by atoms with Crippen LogP contribution in [0.1, 0.15) is 19.7 Å². The van der Waals surface area contributed by atoms with Gasteiger partial charge in [0.15, 0.2) is 5.65 Å². The zero-order valence-corrected chi connectivity index (χ0v) is 11.2. The summed E-state index contributed by atoms with van der Waals surface area (Å²) < 4.78 is 1.42. The highest BCUT2D eigenvalue weighted by atomic mass is 35.5. The molecule has 0 fully saturated rings. The maximum Gasteiger partial charge on any atom is 0.351 e. The summed E-state index contributed by atoms with van der Waals surface area (Å²) in [6.45, 7) is 4.33. The van der Waals surface area contributed by atoms with Crippen molar-refractivity contribution in [3.05, 3.63) is 16.3 Å². The first-order valence-electron chi connectivity index (χ1n) is 4.92. The molecule has 2 aromatic heterocycles. The fourth-order valence-electron chi connectivity index (χ4n) is 1.53. The van der Waals surface area contributed by atoms with E-state index in [4.69, 9.17) is 5.73 Å². The molecule has 2 rings (SSSR count). The Bertz CT molecular complexity index is 562. The van der Waals surface area contributed by atoms with Crippen molar-refractivity contribution in [1.82, 2.24) is 19.5 Å². The third kappa shape index (κ3) is 2.53. The van der Waals surface area contributed by atoms with E-state index >= 15 is 0 Å². The molecular formula is C9H15Cl2N5O. The molecule has 0 saturated heterocycles. The average Bonchev–Trinajstić information content (AvgIpc) is 2.61. The lowest BCUT2D eigenvalue weighted by molar-refractivity contribution is 0.718. The second-order valence-electron chi connectivity index (χ2n) is 3.26. The monoisotopic (exact) mass is 279 g/mol. The maximum atomic E-state index is 11.5. The predicted molar refractivity (Wildman–Crippen MR) is 72.1 cm³/mol. The van der Waals surface area contributed by atoms with E-state index in [1.54, 1.807) is 0 Å². The lowest BCUT2D eigenvalue weighted by Crippen LogP contribution is -2.24. The number of imidazole rings is 1. The van der Waals surface area contributed by atoms with E-state index in [2.05, 4.69) is 15.0 Å². The molecule has 0 radical (unpaired) electrons. The fourth-order valence-corrected chi connectivity index (χ4v) is 1.53. The molecule has 2 heterocycles. The molecule has 0 unspecified atom stereocenters. The second-order valence-corrected chi connectivity index (χ2v) is 3.26. The van der Waals surface area contributed by atoms with Crippen LogP contribution < -0.4 is 11.4 Å². The van der Waals surface area contributed by atoms with Crippen molar-refractivity contribution in [2.45, 2.75) is 26.8 Å². The van der Waals surface area contributed by atoms with Crippen LogP contribution in [0.3, 0.4) is 0 Å². The minimum atomic E-state index is -0.350. The van der Waals surface area contributed by atoms with Crippen LogP contribution in [0.2, 0.25) is 0 Å². The van der Waals surface area contributed by atoms with Gasteiger partial charge in [-0.1, -0.05) is 6.92 Å². The van der Waals surface area contributed by atoms with E-state index in [1.807, 2.05) is 13.8 Å². The van der Waals surface area contributed by atoms with Gasteiger partial charge in [-0.25, -0.2) is 9.78 Å². The lowest BCUT2D eigenvalue weighted by Gasteiger charge is -2.04. The highest BCUT2D eigenvalue weighted by Gasteiger charge is 2.11. The Morgan fingerprint density at radius 2 is 1.94 bits per heavy atom.